The Hall–Kier alpha value is -1.35. The quantitative estimate of drug-likeness (QED) is 0.867. The number of carbonyl (C=O) groups excluding carboxylic acids is 1. The van der Waals surface area contributed by atoms with Gasteiger partial charge in [0, 0.05) is 5.92 Å². The van der Waals surface area contributed by atoms with Gasteiger partial charge in [-0.1, -0.05) is 31.2 Å². The standard InChI is InChI=1S/C16H21NO2/c1-2-11(9-18)17-16(19)15-13-8-7-10-5-3-4-6-12(10)14(13)15/h3-6,11,13-15,18H,2,7-9H2,1H3,(H,17,19)/t11-,13?,14?,15?/m1/s1. The van der Waals surface area contributed by atoms with Gasteiger partial charge in [0.05, 0.1) is 12.6 Å². The Morgan fingerprint density at radius 1 is 1.47 bits per heavy atom. The molecule has 0 aromatic heterocycles. The second kappa shape index (κ2) is 4.97. The molecule has 102 valence electrons. The number of nitrogens with one attached hydrogen (secondary N) is 1. The van der Waals surface area contributed by atoms with Crippen molar-refractivity contribution in [3.63, 3.8) is 0 Å². The van der Waals surface area contributed by atoms with E-state index in [0.29, 0.717) is 11.8 Å². The van der Waals surface area contributed by atoms with Gasteiger partial charge in [-0.15, -0.1) is 0 Å². The highest BCUT2D eigenvalue weighted by molar-refractivity contribution is 5.84. The summed E-state index contributed by atoms with van der Waals surface area (Å²) in [6.45, 7) is 2.01. The van der Waals surface area contributed by atoms with Gasteiger partial charge in [-0.2, -0.15) is 0 Å². The van der Waals surface area contributed by atoms with Crippen molar-refractivity contribution >= 4 is 5.91 Å². The van der Waals surface area contributed by atoms with Crippen LogP contribution in [0.15, 0.2) is 24.3 Å². The Morgan fingerprint density at radius 2 is 2.26 bits per heavy atom. The molecule has 0 saturated heterocycles. The smallest absolute Gasteiger partial charge is 0.224 e. The van der Waals surface area contributed by atoms with Crippen LogP contribution >= 0.6 is 0 Å². The van der Waals surface area contributed by atoms with Crippen molar-refractivity contribution in [2.45, 2.75) is 38.1 Å². The summed E-state index contributed by atoms with van der Waals surface area (Å²) in [5.74, 6) is 1.20. The van der Waals surface area contributed by atoms with Gasteiger partial charge in [0.15, 0.2) is 0 Å². The van der Waals surface area contributed by atoms with E-state index in [1.54, 1.807) is 0 Å². The van der Waals surface area contributed by atoms with Gasteiger partial charge in [0.2, 0.25) is 5.91 Å². The fourth-order valence-electron chi connectivity index (χ4n) is 3.50. The van der Waals surface area contributed by atoms with E-state index in [0.717, 1.165) is 19.3 Å². The highest BCUT2D eigenvalue weighted by atomic mass is 16.3. The fraction of sp³-hybridized carbons (Fsp3) is 0.562. The monoisotopic (exact) mass is 259 g/mol. The Bertz CT molecular complexity index is 481. The minimum Gasteiger partial charge on any atom is -0.394 e. The van der Waals surface area contributed by atoms with Crippen LogP contribution in [0.4, 0.5) is 0 Å². The van der Waals surface area contributed by atoms with Crippen molar-refractivity contribution in [1.29, 1.82) is 0 Å². The number of hydrogen-bond donors (Lipinski definition) is 2. The van der Waals surface area contributed by atoms with Gasteiger partial charge in [0.1, 0.15) is 0 Å². The summed E-state index contributed by atoms with van der Waals surface area (Å²) in [7, 11) is 0. The topological polar surface area (TPSA) is 49.3 Å². The first-order chi connectivity index (χ1) is 9.26. The first kappa shape index (κ1) is 12.7. The highest BCUT2D eigenvalue weighted by Crippen LogP contribution is 2.59. The zero-order valence-corrected chi connectivity index (χ0v) is 11.3. The van der Waals surface area contributed by atoms with E-state index in [9.17, 15) is 9.90 Å². The Kier molecular flexibility index (Phi) is 3.31. The van der Waals surface area contributed by atoms with Crippen LogP contribution in [0.1, 0.15) is 36.8 Å². The molecule has 1 aromatic rings. The summed E-state index contributed by atoms with van der Waals surface area (Å²) in [6, 6.07) is 8.40. The lowest BCUT2D eigenvalue weighted by Crippen LogP contribution is -2.38. The molecule has 2 aliphatic rings. The molecule has 3 nitrogen and oxygen atoms in total. The van der Waals surface area contributed by atoms with E-state index in [1.807, 2.05) is 6.92 Å². The summed E-state index contributed by atoms with van der Waals surface area (Å²) >= 11 is 0. The number of hydrogen-bond acceptors (Lipinski definition) is 2. The van der Waals surface area contributed by atoms with Crippen molar-refractivity contribution in [2.24, 2.45) is 11.8 Å². The summed E-state index contributed by atoms with van der Waals surface area (Å²) in [6.07, 6.45) is 2.99. The summed E-state index contributed by atoms with van der Waals surface area (Å²) < 4.78 is 0. The Morgan fingerprint density at radius 3 is 3.00 bits per heavy atom. The molecule has 19 heavy (non-hydrogen) atoms. The molecule has 0 radical (unpaired) electrons. The van der Waals surface area contributed by atoms with Gasteiger partial charge in [-0.05, 0) is 42.2 Å². The van der Waals surface area contributed by atoms with Crippen LogP contribution in [0.5, 0.6) is 0 Å². The van der Waals surface area contributed by atoms with Gasteiger partial charge in [-0.25, -0.2) is 0 Å². The number of aryl methyl sites for hydroxylation is 1. The first-order valence-corrected chi connectivity index (χ1v) is 7.25. The van der Waals surface area contributed by atoms with Gasteiger partial charge in [-0.3, -0.25) is 4.79 Å². The number of benzene rings is 1. The van der Waals surface area contributed by atoms with Crippen LogP contribution in [0.25, 0.3) is 0 Å². The summed E-state index contributed by atoms with van der Waals surface area (Å²) in [5, 5.41) is 12.2. The third-order valence-electron chi connectivity index (χ3n) is 4.69. The van der Waals surface area contributed by atoms with Crippen molar-refractivity contribution in [3.8, 4) is 0 Å². The molecule has 1 fully saturated rings. The molecule has 1 amide bonds. The van der Waals surface area contributed by atoms with E-state index in [4.69, 9.17) is 0 Å². The van der Waals surface area contributed by atoms with Crippen LogP contribution < -0.4 is 5.32 Å². The molecule has 0 heterocycles. The van der Waals surface area contributed by atoms with Crippen molar-refractivity contribution in [3.05, 3.63) is 35.4 Å². The Labute approximate surface area is 114 Å². The molecule has 0 bridgehead atoms. The lowest BCUT2D eigenvalue weighted by molar-refractivity contribution is -0.123. The van der Waals surface area contributed by atoms with Crippen LogP contribution in [0, 0.1) is 11.8 Å². The van der Waals surface area contributed by atoms with E-state index in [-0.39, 0.29) is 24.5 Å². The number of carbonyl (C=O) groups is 1. The molecule has 0 aliphatic heterocycles. The maximum absolute atomic E-state index is 12.3. The molecule has 3 unspecified atom stereocenters. The van der Waals surface area contributed by atoms with Crippen molar-refractivity contribution in [1.82, 2.24) is 5.32 Å². The number of aliphatic hydroxyl groups excluding tert-OH is 1. The average Bonchev–Trinajstić information content (AvgIpc) is 3.19. The Balaban J connectivity index is 1.72. The summed E-state index contributed by atoms with van der Waals surface area (Å²) in [5.41, 5.74) is 2.78. The molecule has 3 heteroatoms. The normalized spacial score (nSPS) is 29.1. The van der Waals surface area contributed by atoms with Crippen LogP contribution in [-0.2, 0) is 11.2 Å². The molecule has 2 aliphatic carbocycles. The second-order valence-electron chi connectivity index (χ2n) is 5.75. The van der Waals surface area contributed by atoms with E-state index < -0.39 is 0 Å². The maximum Gasteiger partial charge on any atom is 0.224 e. The first-order valence-electron chi connectivity index (χ1n) is 7.25. The molecular weight excluding hydrogens is 238 g/mol. The maximum atomic E-state index is 12.3. The van der Waals surface area contributed by atoms with Crippen LogP contribution in [-0.4, -0.2) is 23.7 Å². The minimum absolute atomic E-state index is 0.0287. The van der Waals surface area contributed by atoms with Gasteiger partial charge < -0.3 is 10.4 Å². The molecule has 2 N–H and O–H groups in total. The van der Waals surface area contributed by atoms with Crippen molar-refractivity contribution in [2.75, 3.05) is 6.61 Å². The number of fused-ring (bicyclic) bond motifs is 3. The average molecular weight is 259 g/mol. The summed E-state index contributed by atoms with van der Waals surface area (Å²) in [4.78, 5) is 12.3. The van der Waals surface area contributed by atoms with E-state index in [1.165, 1.54) is 11.1 Å². The lowest BCUT2D eigenvalue weighted by Gasteiger charge is -2.14. The number of rotatable bonds is 4. The predicted molar refractivity (Wildman–Crippen MR) is 73.8 cm³/mol. The zero-order valence-electron chi connectivity index (χ0n) is 11.3. The SMILES string of the molecule is CC[C@H](CO)NC(=O)C1C2CCc3ccccc3C21. The molecule has 0 spiro atoms. The van der Waals surface area contributed by atoms with Crippen molar-refractivity contribution < 1.29 is 9.90 Å². The van der Waals surface area contributed by atoms with E-state index >= 15 is 0 Å². The number of aliphatic hydroxyl groups is 1. The van der Waals surface area contributed by atoms with Gasteiger partial charge in [0.25, 0.3) is 0 Å². The molecular formula is C16H21NO2. The minimum atomic E-state index is -0.0922. The van der Waals surface area contributed by atoms with Crippen LogP contribution in [0.3, 0.4) is 0 Å². The lowest BCUT2D eigenvalue weighted by atomic mass is 9.92. The van der Waals surface area contributed by atoms with Gasteiger partial charge >= 0.3 is 0 Å². The molecule has 3 rings (SSSR count). The molecule has 1 saturated carbocycles. The third-order valence-corrected chi connectivity index (χ3v) is 4.69. The molecule has 4 atom stereocenters. The predicted octanol–water partition coefficient (Wildman–Crippen LogP) is 1.85. The van der Waals surface area contributed by atoms with Crippen LogP contribution in [0.2, 0.25) is 0 Å². The number of amides is 1. The largest absolute Gasteiger partial charge is 0.394 e. The fourth-order valence-corrected chi connectivity index (χ4v) is 3.50. The highest BCUT2D eigenvalue weighted by Gasteiger charge is 2.57. The zero-order chi connectivity index (χ0) is 13.4. The molecule has 1 aromatic carbocycles. The third kappa shape index (κ3) is 2.16. The second-order valence-corrected chi connectivity index (χ2v) is 5.75. The van der Waals surface area contributed by atoms with E-state index in [2.05, 4.69) is 29.6 Å².